The number of carbonyl (C=O) groups is 1. The molecule has 5 heteroatoms. The zero-order valence-electron chi connectivity index (χ0n) is 7.87. The molecule has 76 valence electrons. The summed E-state index contributed by atoms with van der Waals surface area (Å²) in [6.45, 7) is 2.29. The van der Waals surface area contributed by atoms with Crippen LogP contribution in [0.5, 0.6) is 0 Å². The molecule has 2 N–H and O–H groups in total. The molecule has 0 aromatic carbocycles. The molecule has 1 heterocycles. The molecule has 0 aliphatic carbocycles. The average molecular weight is 196 g/mol. The Bertz CT molecular complexity index is 339. The maximum absolute atomic E-state index is 11.0. The first-order valence-corrected chi connectivity index (χ1v) is 4.35. The predicted molar refractivity (Wildman–Crippen MR) is 52.3 cm³/mol. The summed E-state index contributed by atoms with van der Waals surface area (Å²) in [6, 6.07) is 2.83. The van der Waals surface area contributed by atoms with Gasteiger partial charge >= 0.3 is 6.09 Å². The van der Waals surface area contributed by atoms with E-state index in [4.69, 9.17) is 4.74 Å². The maximum Gasteiger partial charge on any atom is 0.411 e. The van der Waals surface area contributed by atoms with Crippen LogP contribution in [0.25, 0.3) is 0 Å². The summed E-state index contributed by atoms with van der Waals surface area (Å²) in [5.74, 6) is 0. The molecule has 0 saturated carbocycles. The SMILES string of the molecule is CCCOC(=O)Nc1ccc(=O)[nH]c1. The van der Waals surface area contributed by atoms with Crippen LogP contribution in [0.4, 0.5) is 10.5 Å². The van der Waals surface area contributed by atoms with Crippen LogP contribution >= 0.6 is 0 Å². The zero-order valence-corrected chi connectivity index (χ0v) is 7.87. The lowest BCUT2D eigenvalue weighted by Gasteiger charge is -2.04. The van der Waals surface area contributed by atoms with Gasteiger partial charge in [-0.1, -0.05) is 6.92 Å². The smallest absolute Gasteiger partial charge is 0.411 e. The fourth-order valence-electron chi connectivity index (χ4n) is 0.837. The van der Waals surface area contributed by atoms with Crippen molar-refractivity contribution in [2.45, 2.75) is 13.3 Å². The molecule has 0 unspecified atom stereocenters. The summed E-state index contributed by atoms with van der Waals surface area (Å²) in [4.78, 5) is 24.1. The van der Waals surface area contributed by atoms with Gasteiger partial charge in [-0.2, -0.15) is 0 Å². The molecule has 1 rings (SSSR count). The zero-order chi connectivity index (χ0) is 10.4. The van der Waals surface area contributed by atoms with Crippen molar-refractivity contribution < 1.29 is 9.53 Å². The van der Waals surface area contributed by atoms with Gasteiger partial charge in [-0.3, -0.25) is 10.1 Å². The van der Waals surface area contributed by atoms with Gasteiger partial charge in [0.25, 0.3) is 0 Å². The van der Waals surface area contributed by atoms with E-state index in [0.29, 0.717) is 12.3 Å². The van der Waals surface area contributed by atoms with Gasteiger partial charge in [0, 0.05) is 12.3 Å². The van der Waals surface area contributed by atoms with Crippen molar-refractivity contribution in [2.75, 3.05) is 11.9 Å². The number of nitrogens with one attached hydrogen (secondary N) is 2. The second-order valence-corrected chi connectivity index (χ2v) is 2.70. The highest BCUT2D eigenvalue weighted by atomic mass is 16.5. The van der Waals surface area contributed by atoms with E-state index in [1.54, 1.807) is 0 Å². The Morgan fingerprint density at radius 1 is 1.57 bits per heavy atom. The molecule has 5 nitrogen and oxygen atoms in total. The minimum absolute atomic E-state index is 0.211. The molecule has 1 aromatic rings. The van der Waals surface area contributed by atoms with Crippen molar-refractivity contribution in [3.05, 3.63) is 28.7 Å². The number of amides is 1. The van der Waals surface area contributed by atoms with E-state index in [0.717, 1.165) is 6.42 Å². The lowest BCUT2D eigenvalue weighted by Crippen LogP contribution is -2.15. The van der Waals surface area contributed by atoms with Gasteiger partial charge in [-0.15, -0.1) is 0 Å². The predicted octanol–water partition coefficient (Wildman–Crippen LogP) is 1.33. The van der Waals surface area contributed by atoms with Gasteiger partial charge in [0.2, 0.25) is 5.56 Å². The molecule has 0 spiro atoms. The lowest BCUT2D eigenvalue weighted by molar-refractivity contribution is 0.161. The van der Waals surface area contributed by atoms with E-state index in [-0.39, 0.29) is 5.56 Å². The second kappa shape index (κ2) is 5.06. The molecular formula is C9H12N2O3. The first-order valence-electron chi connectivity index (χ1n) is 4.35. The summed E-state index contributed by atoms with van der Waals surface area (Å²) in [5, 5.41) is 2.47. The lowest BCUT2D eigenvalue weighted by atomic mass is 10.4. The van der Waals surface area contributed by atoms with E-state index in [1.807, 2.05) is 6.92 Å². The minimum atomic E-state index is -0.515. The number of carbonyl (C=O) groups excluding carboxylic acids is 1. The second-order valence-electron chi connectivity index (χ2n) is 2.70. The molecule has 1 aromatic heterocycles. The van der Waals surface area contributed by atoms with Crippen LogP contribution in [-0.2, 0) is 4.74 Å². The highest BCUT2D eigenvalue weighted by molar-refractivity contribution is 5.84. The Labute approximate surface area is 81.1 Å². The average Bonchev–Trinajstić information content (AvgIpc) is 2.18. The van der Waals surface area contributed by atoms with Crippen LogP contribution in [0.15, 0.2) is 23.1 Å². The number of H-pyrrole nitrogens is 1. The van der Waals surface area contributed by atoms with Crippen molar-refractivity contribution in [3.8, 4) is 0 Å². The highest BCUT2D eigenvalue weighted by Crippen LogP contribution is 2.01. The van der Waals surface area contributed by atoms with E-state index >= 15 is 0 Å². The number of rotatable bonds is 3. The molecule has 1 amide bonds. The molecule has 0 aliphatic rings. The van der Waals surface area contributed by atoms with Crippen molar-refractivity contribution in [3.63, 3.8) is 0 Å². The Morgan fingerprint density at radius 3 is 2.93 bits per heavy atom. The molecule has 0 atom stereocenters. The molecule has 14 heavy (non-hydrogen) atoms. The van der Waals surface area contributed by atoms with Gasteiger partial charge in [0.05, 0.1) is 12.3 Å². The standard InChI is InChI=1S/C9H12N2O3/c1-2-5-14-9(13)11-7-3-4-8(12)10-6-7/h3-4,6H,2,5H2,1H3,(H,10,12)(H,11,13). The van der Waals surface area contributed by atoms with Crippen LogP contribution < -0.4 is 10.9 Å². The molecular weight excluding hydrogens is 184 g/mol. The van der Waals surface area contributed by atoms with E-state index in [2.05, 4.69) is 10.3 Å². The Morgan fingerprint density at radius 2 is 2.36 bits per heavy atom. The normalized spacial score (nSPS) is 9.50. The van der Waals surface area contributed by atoms with Gasteiger partial charge in [-0.25, -0.2) is 4.79 Å². The Hall–Kier alpha value is -1.78. The number of hydrogen-bond donors (Lipinski definition) is 2. The third-order valence-electron chi connectivity index (χ3n) is 1.47. The van der Waals surface area contributed by atoms with Gasteiger partial charge < -0.3 is 9.72 Å². The Kier molecular flexibility index (Phi) is 3.72. The van der Waals surface area contributed by atoms with Crippen molar-refractivity contribution >= 4 is 11.8 Å². The number of hydrogen-bond acceptors (Lipinski definition) is 3. The van der Waals surface area contributed by atoms with Gasteiger partial charge in [0.15, 0.2) is 0 Å². The first-order chi connectivity index (χ1) is 6.72. The number of anilines is 1. The topological polar surface area (TPSA) is 71.2 Å². The van der Waals surface area contributed by atoms with Gasteiger partial charge in [-0.05, 0) is 12.5 Å². The molecule has 0 radical (unpaired) electrons. The number of aromatic nitrogens is 1. The summed E-state index contributed by atoms with van der Waals surface area (Å²) in [7, 11) is 0. The van der Waals surface area contributed by atoms with Crippen LogP contribution in [0.3, 0.4) is 0 Å². The fourth-order valence-corrected chi connectivity index (χ4v) is 0.837. The van der Waals surface area contributed by atoms with Gasteiger partial charge in [0.1, 0.15) is 0 Å². The van der Waals surface area contributed by atoms with Crippen molar-refractivity contribution in [1.29, 1.82) is 0 Å². The molecule has 0 bridgehead atoms. The Balaban J connectivity index is 2.48. The quantitative estimate of drug-likeness (QED) is 0.766. The van der Waals surface area contributed by atoms with Crippen LogP contribution in [-0.4, -0.2) is 17.7 Å². The number of pyridine rings is 1. The minimum Gasteiger partial charge on any atom is -0.449 e. The van der Waals surface area contributed by atoms with E-state index in [9.17, 15) is 9.59 Å². The van der Waals surface area contributed by atoms with Crippen LogP contribution in [0, 0.1) is 0 Å². The monoisotopic (exact) mass is 196 g/mol. The van der Waals surface area contributed by atoms with Crippen LogP contribution in [0.2, 0.25) is 0 Å². The number of aromatic amines is 1. The largest absolute Gasteiger partial charge is 0.449 e. The summed E-state index contributed by atoms with van der Waals surface area (Å²) >= 11 is 0. The van der Waals surface area contributed by atoms with E-state index < -0.39 is 6.09 Å². The molecule has 0 saturated heterocycles. The third kappa shape index (κ3) is 3.30. The van der Waals surface area contributed by atoms with Crippen LogP contribution in [0.1, 0.15) is 13.3 Å². The summed E-state index contributed by atoms with van der Waals surface area (Å²) in [6.07, 6.45) is 1.67. The molecule has 0 aliphatic heterocycles. The summed E-state index contributed by atoms with van der Waals surface area (Å²) in [5.41, 5.74) is 0.295. The maximum atomic E-state index is 11.0. The summed E-state index contributed by atoms with van der Waals surface area (Å²) < 4.78 is 4.78. The van der Waals surface area contributed by atoms with Crippen molar-refractivity contribution in [2.24, 2.45) is 0 Å². The highest BCUT2D eigenvalue weighted by Gasteiger charge is 2.01. The third-order valence-corrected chi connectivity index (χ3v) is 1.47. The van der Waals surface area contributed by atoms with Crippen molar-refractivity contribution in [1.82, 2.24) is 4.98 Å². The fraction of sp³-hybridized carbons (Fsp3) is 0.333. The molecule has 0 fully saturated rings. The number of ether oxygens (including phenoxy) is 1. The first kappa shape index (κ1) is 10.3. The van der Waals surface area contributed by atoms with E-state index in [1.165, 1.54) is 18.3 Å².